The van der Waals surface area contributed by atoms with Gasteiger partial charge in [0, 0.05) is 12.6 Å². The molecule has 0 spiro atoms. The molecule has 0 atom stereocenters. The molecule has 28 heavy (non-hydrogen) atoms. The molecular weight excluding hydrogens is 366 g/mol. The van der Waals surface area contributed by atoms with E-state index in [4.69, 9.17) is 5.11 Å². The first-order valence-electron chi connectivity index (χ1n) is 8.31. The van der Waals surface area contributed by atoms with Crippen molar-refractivity contribution in [1.82, 2.24) is 9.55 Å². The molecule has 2 N–H and O–H groups in total. The number of aromatic carboxylic acids is 1. The minimum atomic E-state index is -1.11. The van der Waals surface area contributed by atoms with Crippen molar-refractivity contribution < 1.29 is 19.9 Å². The number of carboxylic acid groups (broad SMARTS) is 1. The van der Waals surface area contributed by atoms with Crippen molar-refractivity contribution >= 4 is 34.2 Å². The number of carbonyl (C=O) groups is 1. The van der Waals surface area contributed by atoms with Crippen molar-refractivity contribution in [3.8, 4) is 5.75 Å². The number of nitrogens with zero attached hydrogens (tertiary/aromatic N) is 3. The molecule has 3 aromatic rings. The topological polar surface area (TPSA) is 136 Å². The molecule has 9 nitrogen and oxygen atoms in total. The van der Waals surface area contributed by atoms with Gasteiger partial charge >= 0.3 is 11.7 Å². The number of allylic oxidation sites excluding steroid dienone is 1. The van der Waals surface area contributed by atoms with Crippen LogP contribution in [0.2, 0.25) is 0 Å². The number of rotatable bonds is 3. The summed E-state index contributed by atoms with van der Waals surface area (Å²) in [6, 6.07) is 8.17. The lowest BCUT2D eigenvalue weighted by Crippen LogP contribution is -2.21. The van der Waals surface area contributed by atoms with E-state index in [0.29, 0.717) is 35.3 Å². The average molecular weight is 379 g/mol. The molecule has 0 saturated heterocycles. The van der Waals surface area contributed by atoms with Crippen LogP contribution in [0.5, 0.6) is 5.75 Å². The number of hydrogen-bond donors (Lipinski definition) is 2. The maximum Gasteiger partial charge on any atom is 0.335 e. The van der Waals surface area contributed by atoms with Gasteiger partial charge < -0.3 is 10.2 Å². The highest BCUT2D eigenvalue weighted by Crippen LogP contribution is 2.31. The summed E-state index contributed by atoms with van der Waals surface area (Å²) in [6.45, 7) is 0.407. The lowest BCUT2D eigenvalue weighted by atomic mass is 10.1. The van der Waals surface area contributed by atoms with E-state index in [1.807, 2.05) is 0 Å². The van der Waals surface area contributed by atoms with E-state index >= 15 is 0 Å². The lowest BCUT2D eigenvalue weighted by Gasteiger charge is -2.06. The average Bonchev–Trinajstić information content (AvgIpc) is 3.05. The van der Waals surface area contributed by atoms with Gasteiger partial charge in [-0.1, -0.05) is 6.07 Å². The Morgan fingerprint density at radius 1 is 1.25 bits per heavy atom. The van der Waals surface area contributed by atoms with E-state index in [0.717, 1.165) is 0 Å². The molecular formula is C19H13N3O6. The number of phenols is 1. The molecule has 2 heterocycles. The Morgan fingerprint density at radius 3 is 2.75 bits per heavy atom. The quantitative estimate of drug-likeness (QED) is 0.527. The molecule has 1 aliphatic heterocycles. The van der Waals surface area contributed by atoms with Crippen molar-refractivity contribution in [2.75, 3.05) is 0 Å². The van der Waals surface area contributed by atoms with Crippen LogP contribution in [0.3, 0.4) is 0 Å². The summed E-state index contributed by atoms with van der Waals surface area (Å²) in [5, 5.41) is 30.1. The van der Waals surface area contributed by atoms with Crippen LogP contribution < -0.4 is 5.56 Å². The minimum absolute atomic E-state index is 0.0297. The summed E-state index contributed by atoms with van der Waals surface area (Å²) in [5.74, 6) is -1.15. The highest BCUT2D eigenvalue weighted by Gasteiger charge is 2.22. The molecule has 9 heteroatoms. The van der Waals surface area contributed by atoms with Crippen LogP contribution >= 0.6 is 0 Å². The second-order valence-electron chi connectivity index (χ2n) is 6.35. The van der Waals surface area contributed by atoms with E-state index in [9.17, 15) is 24.8 Å². The predicted octanol–water partition coefficient (Wildman–Crippen LogP) is 2.65. The second-order valence-corrected chi connectivity index (χ2v) is 6.35. The molecule has 1 aromatic heterocycles. The van der Waals surface area contributed by atoms with Crippen molar-refractivity contribution in [1.29, 1.82) is 0 Å². The van der Waals surface area contributed by atoms with Gasteiger partial charge in [-0.05, 0) is 47.9 Å². The van der Waals surface area contributed by atoms with Gasteiger partial charge in [-0.2, -0.15) is 0 Å². The predicted molar refractivity (Wildman–Crippen MR) is 100 cm³/mol. The smallest absolute Gasteiger partial charge is 0.335 e. The van der Waals surface area contributed by atoms with E-state index in [2.05, 4.69) is 4.98 Å². The van der Waals surface area contributed by atoms with Crippen molar-refractivity contribution in [3.63, 3.8) is 0 Å². The largest absolute Gasteiger partial charge is 0.502 e. The van der Waals surface area contributed by atoms with E-state index in [1.54, 1.807) is 6.08 Å². The van der Waals surface area contributed by atoms with Crippen LogP contribution in [0.25, 0.3) is 22.6 Å². The molecule has 2 aromatic carbocycles. The minimum Gasteiger partial charge on any atom is -0.502 e. The summed E-state index contributed by atoms with van der Waals surface area (Å²) in [4.78, 5) is 38.7. The maximum atomic E-state index is 12.7. The summed E-state index contributed by atoms with van der Waals surface area (Å²) in [7, 11) is 0. The number of aromatic hydroxyl groups is 1. The third-order valence-corrected chi connectivity index (χ3v) is 4.63. The molecule has 0 radical (unpaired) electrons. The van der Waals surface area contributed by atoms with Crippen molar-refractivity contribution in [3.05, 3.63) is 73.8 Å². The zero-order chi connectivity index (χ0) is 20.0. The van der Waals surface area contributed by atoms with Gasteiger partial charge in [0.25, 0.3) is 5.56 Å². The van der Waals surface area contributed by atoms with Gasteiger partial charge in [0.05, 0.1) is 21.4 Å². The van der Waals surface area contributed by atoms with Crippen LogP contribution in [0.1, 0.15) is 28.2 Å². The van der Waals surface area contributed by atoms with Crippen LogP contribution in [-0.4, -0.2) is 30.7 Å². The van der Waals surface area contributed by atoms with E-state index in [1.165, 1.54) is 41.0 Å². The number of aromatic nitrogens is 2. The van der Waals surface area contributed by atoms with E-state index < -0.39 is 22.3 Å². The van der Waals surface area contributed by atoms with Crippen LogP contribution in [0.15, 0.2) is 41.2 Å². The fourth-order valence-electron chi connectivity index (χ4n) is 3.27. The van der Waals surface area contributed by atoms with Crippen molar-refractivity contribution in [2.24, 2.45) is 0 Å². The summed E-state index contributed by atoms with van der Waals surface area (Å²) >= 11 is 0. The monoisotopic (exact) mass is 379 g/mol. The zero-order valence-corrected chi connectivity index (χ0v) is 14.3. The molecule has 0 unspecified atom stereocenters. The second kappa shape index (κ2) is 6.31. The normalized spacial score (nSPS) is 14.4. The Kier molecular flexibility index (Phi) is 3.92. The van der Waals surface area contributed by atoms with Gasteiger partial charge in [0.2, 0.25) is 0 Å². The number of carboxylic acids is 1. The molecule has 1 aliphatic rings. The van der Waals surface area contributed by atoms with Crippen LogP contribution in [0.4, 0.5) is 5.69 Å². The van der Waals surface area contributed by atoms with Gasteiger partial charge in [0.1, 0.15) is 5.82 Å². The molecule has 0 fully saturated rings. The van der Waals surface area contributed by atoms with E-state index in [-0.39, 0.29) is 16.6 Å². The van der Waals surface area contributed by atoms with Crippen LogP contribution in [-0.2, 0) is 6.54 Å². The molecule has 4 rings (SSSR count). The molecule has 140 valence electrons. The van der Waals surface area contributed by atoms with Crippen LogP contribution in [0, 0.1) is 10.1 Å². The number of nitro groups is 1. The Morgan fingerprint density at radius 2 is 2.04 bits per heavy atom. The first-order valence-corrected chi connectivity index (χ1v) is 8.31. The molecule has 0 bridgehead atoms. The SMILES string of the molecule is O=C(O)c1ccc2c(=O)n3c(nc2c1)/C(=C/c1ccc(O)c([N+](=O)[O-])c1)CC3. The molecule has 0 amide bonds. The lowest BCUT2D eigenvalue weighted by molar-refractivity contribution is -0.385. The Hall–Kier alpha value is -4.01. The first-order chi connectivity index (χ1) is 13.3. The fraction of sp³-hybridized carbons (Fsp3) is 0.105. The summed E-state index contributed by atoms with van der Waals surface area (Å²) in [6.07, 6.45) is 2.17. The highest BCUT2D eigenvalue weighted by molar-refractivity contribution is 5.93. The number of nitro benzene ring substituents is 1. The Labute approximate surface area is 157 Å². The standard InChI is InChI=1S/C19H13N3O6/c23-16-4-1-10(8-15(16)22(27)28)7-11-5-6-21-17(11)20-14-9-12(19(25)26)2-3-13(14)18(21)24/h1-4,7-9,23H,5-6H2,(H,25,26)/b11-7+. The number of phenolic OH excluding ortho intramolecular Hbond substituents is 1. The number of hydrogen-bond acceptors (Lipinski definition) is 6. The van der Waals surface area contributed by atoms with Gasteiger partial charge in [-0.25, -0.2) is 9.78 Å². The first kappa shape index (κ1) is 17.4. The highest BCUT2D eigenvalue weighted by atomic mass is 16.6. The summed E-state index contributed by atoms with van der Waals surface area (Å²) < 4.78 is 1.50. The maximum absolute atomic E-state index is 12.7. The fourth-order valence-corrected chi connectivity index (χ4v) is 3.27. The third kappa shape index (κ3) is 2.78. The van der Waals surface area contributed by atoms with Crippen molar-refractivity contribution in [2.45, 2.75) is 13.0 Å². The number of benzene rings is 2. The number of fused-ring (bicyclic) bond motifs is 2. The van der Waals surface area contributed by atoms with Gasteiger partial charge in [-0.3, -0.25) is 19.5 Å². The Balaban J connectivity index is 1.86. The molecule has 0 saturated carbocycles. The summed E-state index contributed by atoms with van der Waals surface area (Å²) in [5.41, 5.74) is 0.809. The zero-order valence-electron chi connectivity index (χ0n) is 14.3. The molecule has 0 aliphatic carbocycles. The third-order valence-electron chi connectivity index (χ3n) is 4.63. The Bertz CT molecular complexity index is 1260. The van der Waals surface area contributed by atoms with Gasteiger partial charge in [-0.15, -0.1) is 0 Å². The van der Waals surface area contributed by atoms with Gasteiger partial charge in [0.15, 0.2) is 5.75 Å².